The van der Waals surface area contributed by atoms with Gasteiger partial charge in [-0.2, -0.15) is 0 Å². The van der Waals surface area contributed by atoms with Gasteiger partial charge in [0.15, 0.2) is 0 Å². The minimum absolute atomic E-state index is 0.0456. The average Bonchev–Trinajstić information content (AvgIpc) is 3.57. The lowest BCUT2D eigenvalue weighted by molar-refractivity contribution is -0.144. The number of carbonyl (C=O) groups is 3. The Balaban J connectivity index is 1.54. The lowest BCUT2D eigenvalue weighted by Gasteiger charge is -2.32. The van der Waals surface area contributed by atoms with E-state index in [1.807, 2.05) is 32.9 Å². The van der Waals surface area contributed by atoms with Crippen molar-refractivity contribution < 1.29 is 14.4 Å². The predicted molar refractivity (Wildman–Crippen MR) is 132 cm³/mol. The van der Waals surface area contributed by atoms with Crippen LogP contribution in [-0.4, -0.2) is 83.8 Å². The molecule has 4 rings (SSSR count). The Kier molecular flexibility index (Phi) is 7.60. The van der Waals surface area contributed by atoms with Crippen molar-refractivity contribution in [3.8, 4) is 0 Å². The first-order valence-electron chi connectivity index (χ1n) is 12.9. The minimum Gasteiger partial charge on any atom is -0.338 e. The third-order valence-electron chi connectivity index (χ3n) is 7.13. The van der Waals surface area contributed by atoms with Crippen molar-refractivity contribution in [1.82, 2.24) is 20.0 Å². The minimum atomic E-state index is -0.460. The van der Waals surface area contributed by atoms with E-state index in [-0.39, 0.29) is 35.1 Å². The van der Waals surface area contributed by atoms with Gasteiger partial charge in [0.25, 0.3) is 0 Å². The molecule has 1 aliphatic carbocycles. The molecule has 3 amide bonds. The molecule has 3 fully saturated rings. The number of nitrogens with zero attached hydrogens (tertiary/aromatic N) is 3. The van der Waals surface area contributed by atoms with Gasteiger partial charge in [0, 0.05) is 51.6 Å². The van der Waals surface area contributed by atoms with Crippen LogP contribution in [0, 0.1) is 11.3 Å². The fourth-order valence-electron chi connectivity index (χ4n) is 5.14. The zero-order chi connectivity index (χ0) is 24.3. The first kappa shape index (κ1) is 24.7. The van der Waals surface area contributed by atoms with E-state index in [1.54, 1.807) is 0 Å². The summed E-state index contributed by atoms with van der Waals surface area (Å²) >= 11 is 0. The number of carbonyl (C=O) groups excluding carboxylic acids is 3. The number of rotatable bonds is 7. The van der Waals surface area contributed by atoms with Crippen LogP contribution in [0.2, 0.25) is 0 Å². The summed E-state index contributed by atoms with van der Waals surface area (Å²) < 4.78 is 0. The molecule has 1 aromatic carbocycles. The first-order chi connectivity index (χ1) is 16.2. The molecule has 0 aromatic heterocycles. The maximum atomic E-state index is 13.5. The van der Waals surface area contributed by atoms with Crippen LogP contribution in [0.1, 0.15) is 52.0 Å². The molecule has 2 aliphatic heterocycles. The van der Waals surface area contributed by atoms with Crippen LogP contribution in [0.25, 0.3) is 0 Å². The maximum Gasteiger partial charge on any atom is 0.245 e. The molecule has 2 heterocycles. The van der Waals surface area contributed by atoms with Crippen molar-refractivity contribution in [2.24, 2.45) is 11.3 Å². The van der Waals surface area contributed by atoms with Gasteiger partial charge >= 0.3 is 0 Å². The molecule has 7 heteroatoms. The molecule has 7 nitrogen and oxygen atoms in total. The number of nitrogens with one attached hydrogen (secondary N) is 1. The van der Waals surface area contributed by atoms with Crippen LogP contribution in [-0.2, 0) is 20.8 Å². The fraction of sp³-hybridized carbons (Fsp3) is 0.667. The molecule has 1 saturated carbocycles. The third-order valence-corrected chi connectivity index (χ3v) is 7.13. The van der Waals surface area contributed by atoms with E-state index in [0.29, 0.717) is 39.0 Å². The second kappa shape index (κ2) is 10.5. The summed E-state index contributed by atoms with van der Waals surface area (Å²) in [6.45, 7) is 10.2. The lowest BCUT2D eigenvalue weighted by Crippen LogP contribution is -2.53. The highest BCUT2D eigenvalue weighted by Gasteiger charge is 2.47. The van der Waals surface area contributed by atoms with Gasteiger partial charge in [-0.15, -0.1) is 0 Å². The van der Waals surface area contributed by atoms with Crippen LogP contribution in [0.5, 0.6) is 0 Å². The van der Waals surface area contributed by atoms with Crippen LogP contribution < -0.4 is 5.32 Å². The Morgan fingerprint density at radius 3 is 2.32 bits per heavy atom. The van der Waals surface area contributed by atoms with Gasteiger partial charge in [-0.1, -0.05) is 51.1 Å². The molecule has 2 unspecified atom stereocenters. The van der Waals surface area contributed by atoms with E-state index in [9.17, 15) is 14.4 Å². The van der Waals surface area contributed by atoms with Crippen LogP contribution in [0.15, 0.2) is 30.3 Å². The molecule has 1 aromatic rings. The molecule has 0 spiro atoms. The van der Waals surface area contributed by atoms with Crippen LogP contribution in [0.3, 0.4) is 0 Å². The van der Waals surface area contributed by atoms with Gasteiger partial charge < -0.3 is 20.0 Å². The number of hydrogen-bond donors (Lipinski definition) is 1. The van der Waals surface area contributed by atoms with E-state index >= 15 is 0 Å². The highest BCUT2D eigenvalue weighted by Crippen LogP contribution is 2.35. The monoisotopic (exact) mass is 468 g/mol. The fourth-order valence-corrected chi connectivity index (χ4v) is 5.14. The van der Waals surface area contributed by atoms with Crippen molar-refractivity contribution in [3.63, 3.8) is 0 Å². The number of hydrogen-bond acceptors (Lipinski definition) is 4. The summed E-state index contributed by atoms with van der Waals surface area (Å²) in [4.78, 5) is 45.9. The van der Waals surface area contributed by atoms with Crippen molar-refractivity contribution in [1.29, 1.82) is 0 Å². The Hall–Kier alpha value is -2.41. The van der Waals surface area contributed by atoms with Gasteiger partial charge in [0.05, 0.1) is 6.04 Å². The van der Waals surface area contributed by atoms with E-state index in [0.717, 1.165) is 32.4 Å². The zero-order valence-electron chi connectivity index (χ0n) is 21.0. The molecule has 34 heavy (non-hydrogen) atoms. The van der Waals surface area contributed by atoms with Crippen LogP contribution in [0.4, 0.5) is 0 Å². The Morgan fingerprint density at radius 1 is 1.03 bits per heavy atom. The summed E-state index contributed by atoms with van der Waals surface area (Å²) in [6, 6.07) is 9.61. The summed E-state index contributed by atoms with van der Waals surface area (Å²) in [5, 5.41) is 3.29. The SMILES string of the molecule is CC(C)(C)CC(=O)N(CCc1ccccc1)C1CC(C(=O)N2CCNCC2)N(C(=O)C2CC2)C1. The molecule has 2 atom stereocenters. The Morgan fingerprint density at radius 2 is 1.71 bits per heavy atom. The van der Waals surface area contributed by atoms with Gasteiger partial charge in [0.1, 0.15) is 6.04 Å². The van der Waals surface area contributed by atoms with Gasteiger partial charge in [0.2, 0.25) is 17.7 Å². The lowest BCUT2D eigenvalue weighted by atomic mass is 9.91. The molecule has 3 aliphatic rings. The van der Waals surface area contributed by atoms with Crippen molar-refractivity contribution in [2.45, 2.75) is 65.0 Å². The quantitative estimate of drug-likeness (QED) is 0.667. The van der Waals surface area contributed by atoms with Crippen LogP contribution >= 0.6 is 0 Å². The molecule has 0 bridgehead atoms. The predicted octanol–water partition coefficient (Wildman–Crippen LogP) is 2.31. The standard InChI is InChI=1S/C27H40N4O3/c1-27(2,3)18-24(32)30(14-11-20-7-5-4-6-8-20)22-17-23(26(34)29-15-12-28-13-16-29)31(19-22)25(33)21-9-10-21/h4-8,21-23,28H,9-19H2,1-3H3. The number of benzene rings is 1. The molecule has 186 valence electrons. The van der Waals surface area contributed by atoms with Gasteiger partial charge in [-0.25, -0.2) is 0 Å². The first-order valence-corrected chi connectivity index (χ1v) is 12.9. The summed E-state index contributed by atoms with van der Waals surface area (Å²) in [5.41, 5.74) is 1.06. The van der Waals surface area contributed by atoms with E-state index in [1.165, 1.54) is 5.56 Å². The maximum absolute atomic E-state index is 13.5. The average molecular weight is 469 g/mol. The van der Waals surface area contributed by atoms with Gasteiger partial charge in [-0.05, 0) is 36.7 Å². The highest BCUT2D eigenvalue weighted by atomic mass is 16.2. The molecule has 2 saturated heterocycles. The smallest absolute Gasteiger partial charge is 0.245 e. The van der Waals surface area contributed by atoms with Crippen molar-refractivity contribution in [3.05, 3.63) is 35.9 Å². The summed E-state index contributed by atoms with van der Waals surface area (Å²) in [5.74, 6) is 0.314. The van der Waals surface area contributed by atoms with Gasteiger partial charge in [-0.3, -0.25) is 14.4 Å². The van der Waals surface area contributed by atoms with E-state index in [2.05, 4.69) is 38.2 Å². The second-order valence-corrected chi connectivity index (χ2v) is 11.3. The largest absolute Gasteiger partial charge is 0.338 e. The van der Waals surface area contributed by atoms with Crippen molar-refractivity contribution in [2.75, 3.05) is 39.3 Å². The molecular weight excluding hydrogens is 428 g/mol. The zero-order valence-corrected chi connectivity index (χ0v) is 21.0. The normalized spacial score (nSPS) is 23.1. The molecule has 0 radical (unpaired) electrons. The Bertz CT molecular complexity index is 872. The number of piperazine rings is 1. The molecular formula is C27H40N4O3. The topological polar surface area (TPSA) is 73.0 Å². The second-order valence-electron chi connectivity index (χ2n) is 11.3. The van der Waals surface area contributed by atoms with E-state index < -0.39 is 6.04 Å². The van der Waals surface area contributed by atoms with Crippen molar-refractivity contribution >= 4 is 17.7 Å². The molecule has 1 N–H and O–H groups in total. The summed E-state index contributed by atoms with van der Waals surface area (Å²) in [7, 11) is 0. The summed E-state index contributed by atoms with van der Waals surface area (Å²) in [6.07, 6.45) is 3.57. The van der Waals surface area contributed by atoms with E-state index in [4.69, 9.17) is 0 Å². The number of amides is 3. The number of likely N-dealkylation sites (tertiary alicyclic amines) is 1. The Labute approximate surface area is 203 Å². The highest BCUT2D eigenvalue weighted by molar-refractivity contribution is 5.90. The third kappa shape index (κ3) is 6.17.